The molecule has 1 N–H and O–H groups in total. The third-order valence-electron chi connectivity index (χ3n) is 2.45. The first-order chi connectivity index (χ1) is 7.71. The summed E-state index contributed by atoms with van der Waals surface area (Å²) in [5.74, 6) is 0.475. The molecule has 0 saturated heterocycles. The maximum absolute atomic E-state index is 11.7. The van der Waals surface area contributed by atoms with Gasteiger partial charge in [0.15, 0.2) is 0 Å². The zero-order valence-electron chi connectivity index (χ0n) is 11.1. The number of carbonyl (C=O) groups is 1. The number of aromatic hydroxyl groups is 1. The Bertz CT molecular complexity index is 414. The summed E-state index contributed by atoms with van der Waals surface area (Å²) in [5, 5.41) is 9.79. The molecule has 3 heteroatoms. The molecule has 17 heavy (non-hydrogen) atoms. The zero-order valence-corrected chi connectivity index (χ0v) is 11.1. The van der Waals surface area contributed by atoms with Gasteiger partial charge in [-0.15, -0.1) is 0 Å². The van der Waals surface area contributed by atoms with Crippen LogP contribution in [-0.2, 0) is 4.79 Å². The van der Waals surface area contributed by atoms with Crippen LogP contribution in [0.5, 0.6) is 11.5 Å². The highest BCUT2D eigenvalue weighted by molar-refractivity contribution is 5.78. The number of phenols is 1. The molecule has 0 spiro atoms. The maximum atomic E-state index is 11.7. The summed E-state index contributed by atoms with van der Waals surface area (Å²) in [5.41, 5.74) is 0.298. The Morgan fingerprint density at radius 2 is 1.88 bits per heavy atom. The van der Waals surface area contributed by atoms with Gasteiger partial charge in [0.25, 0.3) is 0 Å². The predicted octanol–water partition coefficient (Wildman–Crippen LogP) is 3.47. The van der Waals surface area contributed by atoms with Crippen LogP contribution in [0.4, 0.5) is 0 Å². The summed E-state index contributed by atoms with van der Waals surface area (Å²) in [6.07, 6.45) is 0. The Morgan fingerprint density at radius 3 is 2.29 bits per heavy atom. The highest BCUT2D eigenvalue weighted by atomic mass is 16.5. The van der Waals surface area contributed by atoms with E-state index in [1.54, 1.807) is 32.9 Å². The van der Waals surface area contributed by atoms with Crippen molar-refractivity contribution in [2.45, 2.75) is 40.5 Å². The Labute approximate surface area is 102 Å². The van der Waals surface area contributed by atoms with Crippen LogP contribution in [0.1, 0.15) is 46.1 Å². The van der Waals surface area contributed by atoms with Crippen LogP contribution in [-0.4, -0.2) is 11.1 Å². The second kappa shape index (κ2) is 4.78. The van der Waals surface area contributed by atoms with Gasteiger partial charge in [-0.1, -0.05) is 19.9 Å². The largest absolute Gasteiger partial charge is 0.508 e. The summed E-state index contributed by atoms with van der Waals surface area (Å²) < 4.78 is 5.20. The Balaban J connectivity index is 2.89. The van der Waals surface area contributed by atoms with Crippen LogP contribution in [0, 0.1) is 5.41 Å². The number of hydrogen-bond acceptors (Lipinski definition) is 3. The average Bonchev–Trinajstić information content (AvgIpc) is 2.15. The van der Waals surface area contributed by atoms with Crippen molar-refractivity contribution in [3.63, 3.8) is 0 Å². The molecule has 0 aliphatic rings. The maximum Gasteiger partial charge on any atom is 0.316 e. The van der Waals surface area contributed by atoms with Gasteiger partial charge in [-0.2, -0.15) is 0 Å². The molecule has 0 aromatic heterocycles. The second-order valence-electron chi connectivity index (χ2n) is 5.51. The summed E-state index contributed by atoms with van der Waals surface area (Å²) in [4.78, 5) is 11.7. The molecule has 94 valence electrons. The van der Waals surface area contributed by atoms with Gasteiger partial charge >= 0.3 is 5.97 Å². The van der Waals surface area contributed by atoms with Gasteiger partial charge in [0.1, 0.15) is 11.5 Å². The third-order valence-corrected chi connectivity index (χ3v) is 2.45. The highest BCUT2D eigenvalue weighted by Crippen LogP contribution is 2.30. The molecule has 0 bridgehead atoms. The van der Waals surface area contributed by atoms with E-state index in [9.17, 15) is 9.90 Å². The number of esters is 1. The van der Waals surface area contributed by atoms with Crippen molar-refractivity contribution in [1.82, 2.24) is 0 Å². The molecule has 1 aromatic carbocycles. The van der Waals surface area contributed by atoms with E-state index in [4.69, 9.17) is 4.74 Å². The van der Waals surface area contributed by atoms with E-state index in [0.29, 0.717) is 5.75 Å². The Kier molecular flexibility index (Phi) is 3.81. The molecule has 1 aromatic rings. The van der Waals surface area contributed by atoms with Crippen LogP contribution in [0.15, 0.2) is 18.2 Å². The molecule has 0 radical (unpaired) electrons. The number of phenolic OH excluding ortho intramolecular Hbond substituents is 1. The first kappa shape index (κ1) is 13.6. The fourth-order valence-electron chi connectivity index (χ4n) is 1.34. The van der Waals surface area contributed by atoms with Crippen molar-refractivity contribution in [3.8, 4) is 11.5 Å². The van der Waals surface area contributed by atoms with Gasteiger partial charge in [0.2, 0.25) is 0 Å². The molecule has 0 amide bonds. The minimum absolute atomic E-state index is 0.166. The highest BCUT2D eigenvalue weighted by Gasteiger charge is 2.24. The lowest BCUT2D eigenvalue weighted by Crippen LogP contribution is -2.25. The SMILES string of the molecule is CC(C)c1ccc(OC(=O)C(C)(C)C)cc1O. The van der Waals surface area contributed by atoms with Crippen molar-refractivity contribution in [1.29, 1.82) is 0 Å². The standard InChI is InChI=1S/C14H20O3/c1-9(2)11-7-6-10(8-12(11)15)17-13(16)14(3,4)5/h6-9,15H,1-5H3. The zero-order chi connectivity index (χ0) is 13.2. The van der Waals surface area contributed by atoms with Crippen LogP contribution in [0.2, 0.25) is 0 Å². The van der Waals surface area contributed by atoms with E-state index in [1.165, 1.54) is 6.07 Å². The number of rotatable bonds is 2. The number of ether oxygens (including phenoxy) is 1. The molecular formula is C14H20O3. The van der Waals surface area contributed by atoms with E-state index in [-0.39, 0.29) is 17.6 Å². The normalized spacial score (nSPS) is 11.6. The van der Waals surface area contributed by atoms with Crippen molar-refractivity contribution in [2.24, 2.45) is 5.41 Å². The molecule has 3 nitrogen and oxygen atoms in total. The molecule has 0 unspecified atom stereocenters. The Hall–Kier alpha value is -1.51. The van der Waals surface area contributed by atoms with Crippen LogP contribution in [0.25, 0.3) is 0 Å². The molecule has 0 atom stereocenters. The fourth-order valence-corrected chi connectivity index (χ4v) is 1.34. The topological polar surface area (TPSA) is 46.5 Å². The van der Waals surface area contributed by atoms with Gasteiger partial charge in [-0.3, -0.25) is 4.79 Å². The number of benzene rings is 1. The van der Waals surface area contributed by atoms with Crippen molar-refractivity contribution < 1.29 is 14.6 Å². The lowest BCUT2D eigenvalue weighted by Gasteiger charge is -2.17. The van der Waals surface area contributed by atoms with E-state index in [1.807, 2.05) is 13.8 Å². The second-order valence-corrected chi connectivity index (χ2v) is 5.51. The summed E-state index contributed by atoms with van der Waals surface area (Å²) in [6.45, 7) is 9.36. The van der Waals surface area contributed by atoms with E-state index in [2.05, 4.69) is 0 Å². The minimum atomic E-state index is -0.549. The summed E-state index contributed by atoms with van der Waals surface area (Å²) >= 11 is 0. The summed E-state index contributed by atoms with van der Waals surface area (Å²) in [7, 11) is 0. The van der Waals surface area contributed by atoms with Crippen molar-refractivity contribution in [2.75, 3.05) is 0 Å². The lowest BCUT2D eigenvalue weighted by molar-refractivity contribution is -0.142. The summed E-state index contributed by atoms with van der Waals surface area (Å²) in [6, 6.07) is 4.98. The third kappa shape index (κ3) is 3.48. The lowest BCUT2D eigenvalue weighted by atomic mass is 9.97. The first-order valence-electron chi connectivity index (χ1n) is 5.77. The minimum Gasteiger partial charge on any atom is -0.508 e. The van der Waals surface area contributed by atoms with Crippen molar-refractivity contribution >= 4 is 5.97 Å². The van der Waals surface area contributed by atoms with Crippen molar-refractivity contribution in [3.05, 3.63) is 23.8 Å². The molecule has 1 rings (SSSR count). The van der Waals surface area contributed by atoms with E-state index < -0.39 is 5.41 Å². The first-order valence-corrected chi connectivity index (χ1v) is 5.77. The van der Waals surface area contributed by atoms with E-state index in [0.717, 1.165) is 5.56 Å². The van der Waals surface area contributed by atoms with Crippen LogP contribution < -0.4 is 4.74 Å². The monoisotopic (exact) mass is 236 g/mol. The molecule has 0 heterocycles. The van der Waals surface area contributed by atoms with Gasteiger partial charge < -0.3 is 9.84 Å². The van der Waals surface area contributed by atoms with E-state index >= 15 is 0 Å². The van der Waals surface area contributed by atoms with Crippen LogP contribution in [0.3, 0.4) is 0 Å². The predicted molar refractivity (Wildman–Crippen MR) is 67.3 cm³/mol. The van der Waals surface area contributed by atoms with Gasteiger partial charge in [0, 0.05) is 6.07 Å². The molecule has 0 saturated carbocycles. The Morgan fingerprint density at radius 1 is 1.29 bits per heavy atom. The quantitative estimate of drug-likeness (QED) is 0.631. The molecular weight excluding hydrogens is 216 g/mol. The molecule has 0 fully saturated rings. The molecule has 0 aliphatic heterocycles. The molecule has 0 aliphatic carbocycles. The average molecular weight is 236 g/mol. The van der Waals surface area contributed by atoms with Gasteiger partial charge in [-0.25, -0.2) is 0 Å². The van der Waals surface area contributed by atoms with Crippen LogP contribution >= 0.6 is 0 Å². The smallest absolute Gasteiger partial charge is 0.316 e. The van der Waals surface area contributed by atoms with Gasteiger partial charge in [-0.05, 0) is 38.3 Å². The van der Waals surface area contributed by atoms with Gasteiger partial charge in [0.05, 0.1) is 5.41 Å². The fraction of sp³-hybridized carbons (Fsp3) is 0.500. The number of carbonyl (C=O) groups excluding carboxylic acids is 1. The number of hydrogen-bond donors (Lipinski definition) is 1.